The second-order valence-electron chi connectivity index (χ2n) is 5.26. The van der Waals surface area contributed by atoms with E-state index in [1.807, 2.05) is 6.07 Å². The Balaban J connectivity index is 2.26. The van der Waals surface area contributed by atoms with Crippen LogP contribution in [-0.4, -0.2) is 28.7 Å². The van der Waals surface area contributed by atoms with Crippen molar-refractivity contribution in [1.29, 1.82) is 5.41 Å². The lowest BCUT2D eigenvalue weighted by Gasteiger charge is -2.27. The minimum absolute atomic E-state index is 0.0506. The molecule has 1 fully saturated rings. The van der Waals surface area contributed by atoms with Crippen LogP contribution in [0.2, 0.25) is 0 Å². The molecule has 2 N–H and O–H groups in total. The van der Waals surface area contributed by atoms with Crippen molar-refractivity contribution < 1.29 is 9.72 Å². The molecule has 0 bridgehead atoms. The number of likely N-dealkylation sites (N-methyl/N-ethyl adjacent to an activating group) is 1. The van der Waals surface area contributed by atoms with E-state index in [1.54, 1.807) is 30.3 Å². The van der Waals surface area contributed by atoms with Gasteiger partial charge in [0.1, 0.15) is 0 Å². The van der Waals surface area contributed by atoms with Crippen LogP contribution >= 0.6 is 0 Å². The summed E-state index contributed by atoms with van der Waals surface area (Å²) in [5.41, 5.74) is -0.385. The summed E-state index contributed by atoms with van der Waals surface area (Å²) >= 11 is 0. The fourth-order valence-electron chi connectivity index (χ4n) is 2.77. The average Bonchev–Trinajstić information content (AvgIpc) is 2.81. The zero-order valence-corrected chi connectivity index (χ0v) is 12.3. The summed E-state index contributed by atoms with van der Waals surface area (Å²) < 4.78 is 0. The smallest absolute Gasteiger partial charge is 0.269 e. The highest BCUT2D eigenvalue weighted by molar-refractivity contribution is 6.10. The Morgan fingerprint density at radius 2 is 1.78 bits per heavy atom. The molecule has 1 amide bonds. The SMILES string of the molecule is CN1C(=N)NC(c2ccccc2)(c2cccc([N+](=O)[O-])c2)C1=O. The largest absolute Gasteiger partial charge is 0.334 e. The number of hydrogen-bond donors (Lipinski definition) is 2. The van der Waals surface area contributed by atoms with Crippen LogP contribution in [-0.2, 0) is 10.3 Å². The first-order chi connectivity index (χ1) is 11.0. The number of nitro groups is 1. The van der Waals surface area contributed by atoms with Gasteiger partial charge >= 0.3 is 0 Å². The van der Waals surface area contributed by atoms with E-state index in [2.05, 4.69) is 5.32 Å². The summed E-state index contributed by atoms with van der Waals surface area (Å²) in [6.07, 6.45) is 0. The Kier molecular flexibility index (Phi) is 3.33. The van der Waals surface area contributed by atoms with Crippen LogP contribution in [0.1, 0.15) is 11.1 Å². The number of carbonyl (C=O) groups excluding carboxylic acids is 1. The highest BCUT2D eigenvalue weighted by Gasteiger charge is 2.51. The Morgan fingerprint density at radius 1 is 1.13 bits per heavy atom. The fourth-order valence-corrected chi connectivity index (χ4v) is 2.77. The van der Waals surface area contributed by atoms with Gasteiger partial charge in [-0.05, 0) is 11.1 Å². The van der Waals surface area contributed by atoms with Gasteiger partial charge in [-0.1, -0.05) is 42.5 Å². The van der Waals surface area contributed by atoms with E-state index in [0.29, 0.717) is 11.1 Å². The molecule has 0 aromatic heterocycles. The summed E-state index contributed by atoms with van der Waals surface area (Å²) in [6, 6.07) is 14.8. The van der Waals surface area contributed by atoms with Crippen LogP contribution < -0.4 is 5.32 Å². The van der Waals surface area contributed by atoms with Crippen molar-refractivity contribution in [2.45, 2.75) is 5.54 Å². The van der Waals surface area contributed by atoms with Gasteiger partial charge < -0.3 is 5.32 Å². The van der Waals surface area contributed by atoms with Gasteiger partial charge in [0.2, 0.25) is 0 Å². The number of non-ortho nitro benzene ring substituents is 1. The monoisotopic (exact) mass is 310 g/mol. The van der Waals surface area contributed by atoms with Gasteiger partial charge in [-0.25, -0.2) is 0 Å². The van der Waals surface area contributed by atoms with Crippen molar-refractivity contribution in [1.82, 2.24) is 10.2 Å². The Labute approximate surface area is 132 Å². The summed E-state index contributed by atoms with van der Waals surface area (Å²) in [7, 11) is 1.50. The predicted molar refractivity (Wildman–Crippen MR) is 84.0 cm³/mol. The molecular weight excluding hydrogens is 296 g/mol. The van der Waals surface area contributed by atoms with Gasteiger partial charge in [0.05, 0.1) is 4.92 Å². The quantitative estimate of drug-likeness (QED) is 0.667. The topological polar surface area (TPSA) is 99.3 Å². The molecule has 1 aliphatic heterocycles. The summed E-state index contributed by atoms with van der Waals surface area (Å²) in [4.78, 5) is 24.6. The molecule has 23 heavy (non-hydrogen) atoms. The highest BCUT2D eigenvalue weighted by atomic mass is 16.6. The molecule has 0 radical (unpaired) electrons. The maximum Gasteiger partial charge on any atom is 0.269 e. The lowest BCUT2D eigenvalue weighted by Crippen LogP contribution is -2.45. The molecule has 1 atom stereocenters. The van der Waals surface area contributed by atoms with E-state index in [4.69, 9.17) is 5.41 Å². The maximum atomic E-state index is 12.9. The second-order valence-corrected chi connectivity index (χ2v) is 5.26. The minimum Gasteiger partial charge on any atom is -0.334 e. The van der Waals surface area contributed by atoms with Gasteiger partial charge in [-0.2, -0.15) is 0 Å². The van der Waals surface area contributed by atoms with Crippen molar-refractivity contribution >= 4 is 17.6 Å². The van der Waals surface area contributed by atoms with E-state index in [9.17, 15) is 14.9 Å². The van der Waals surface area contributed by atoms with E-state index in [-0.39, 0.29) is 17.6 Å². The zero-order chi connectivity index (χ0) is 16.6. The highest BCUT2D eigenvalue weighted by Crippen LogP contribution is 2.36. The number of amides is 1. The standard InChI is InChI=1S/C16H14N4O3/c1-19-14(21)16(18-15(19)17,11-6-3-2-4-7-11)12-8-5-9-13(10-12)20(22)23/h2-10H,1H3,(H2,17,18). The molecule has 0 saturated carbocycles. The molecule has 1 aliphatic rings. The molecule has 2 aromatic carbocycles. The zero-order valence-electron chi connectivity index (χ0n) is 12.3. The van der Waals surface area contributed by atoms with Crippen LogP contribution in [0.15, 0.2) is 54.6 Å². The normalized spacial score (nSPS) is 20.5. The van der Waals surface area contributed by atoms with Gasteiger partial charge in [0, 0.05) is 19.2 Å². The number of hydrogen-bond acceptors (Lipinski definition) is 4. The van der Waals surface area contributed by atoms with Crippen molar-refractivity contribution in [3.8, 4) is 0 Å². The van der Waals surface area contributed by atoms with Gasteiger partial charge in [-0.15, -0.1) is 0 Å². The first kappa shape index (κ1) is 14.7. The van der Waals surface area contributed by atoms with Gasteiger partial charge in [0.15, 0.2) is 11.5 Å². The molecule has 0 spiro atoms. The first-order valence-corrected chi connectivity index (χ1v) is 6.92. The lowest BCUT2D eigenvalue weighted by molar-refractivity contribution is -0.384. The Morgan fingerprint density at radius 3 is 2.35 bits per heavy atom. The number of benzene rings is 2. The first-order valence-electron chi connectivity index (χ1n) is 6.92. The molecule has 3 rings (SSSR count). The summed E-state index contributed by atoms with van der Waals surface area (Å²) in [6.45, 7) is 0. The van der Waals surface area contributed by atoms with E-state index in [1.165, 1.54) is 30.1 Å². The average molecular weight is 310 g/mol. The molecule has 7 heteroatoms. The van der Waals surface area contributed by atoms with Crippen molar-refractivity contribution in [2.75, 3.05) is 7.05 Å². The fraction of sp³-hybridized carbons (Fsp3) is 0.125. The Hall–Kier alpha value is -3.22. The molecule has 1 unspecified atom stereocenters. The number of nitrogens with one attached hydrogen (secondary N) is 2. The molecular formula is C16H14N4O3. The predicted octanol–water partition coefficient (Wildman–Crippen LogP) is 1.83. The number of nitrogens with zero attached hydrogens (tertiary/aromatic N) is 2. The van der Waals surface area contributed by atoms with Crippen molar-refractivity contribution in [2.24, 2.45) is 0 Å². The number of rotatable bonds is 3. The molecule has 2 aromatic rings. The number of carbonyl (C=O) groups is 1. The van der Waals surface area contributed by atoms with Crippen LogP contribution in [0.3, 0.4) is 0 Å². The Bertz CT molecular complexity index is 806. The second kappa shape index (κ2) is 5.20. The third-order valence-electron chi connectivity index (χ3n) is 3.96. The molecule has 1 saturated heterocycles. The summed E-state index contributed by atoms with van der Waals surface area (Å²) in [5, 5.41) is 21.9. The lowest BCUT2D eigenvalue weighted by atomic mass is 9.82. The van der Waals surface area contributed by atoms with Gasteiger partial charge in [-0.3, -0.25) is 25.2 Å². The van der Waals surface area contributed by atoms with E-state index in [0.717, 1.165) is 0 Å². The van der Waals surface area contributed by atoms with Crippen LogP contribution in [0.4, 0.5) is 5.69 Å². The van der Waals surface area contributed by atoms with Crippen LogP contribution in [0.5, 0.6) is 0 Å². The number of nitro benzene ring substituents is 1. The summed E-state index contributed by atoms with van der Waals surface area (Å²) in [5.74, 6) is -0.403. The van der Waals surface area contributed by atoms with Crippen LogP contribution in [0, 0.1) is 15.5 Å². The van der Waals surface area contributed by atoms with Crippen molar-refractivity contribution in [3.05, 3.63) is 75.8 Å². The third kappa shape index (κ3) is 2.13. The third-order valence-corrected chi connectivity index (χ3v) is 3.96. The van der Waals surface area contributed by atoms with Gasteiger partial charge in [0.25, 0.3) is 11.6 Å². The molecule has 1 heterocycles. The minimum atomic E-state index is -1.33. The maximum absolute atomic E-state index is 12.9. The molecule has 116 valence electrons. The molecule has 0 aliphatic carbocycles. The van der Waals surface area contributed by atoms with E-state index < -0.39 is 10.5 Å². The van der Waals surface area contributed by atoms with E-state index >= 15 is 0 Å². The van der Waals surface area contributed by atoms with Crippen molar-refractivity contribution in [3.63, 3.8) is 0 Å². The number of guanidine groups is 1. The van der Waals surface area contributed by atoms with Crippen LogP contribution in [0.25, 0.3) is 0 Å². The molecule has 7 nitrogen and oxygen atoms in total.